The fourth-order valence-corrected chi connectivity index (χ4v) is 2.63. The van der Waals surface area contributed by atoms with E-state index in [9.17, 15) is 0 Å². The molecule has 1 atom stereocenters. The van der Waals surface area contributed by atoms with Crippen LogP contribution in [-0.2, 0) is 0 Å². The van der Waals surface area contributed by atoms with Gasteiger partial charge in [-0.15, -0.1) is 0 Å². The van der Waals surface area contributed by atoms with E-state index in [2.05, 4.69) is 5.32 Å². The van der Waals surface area contributed by atoms with E-state index in [1.807, 2.05) is 6.07 Å². The molecule has 94 valence electrons. The molecule has 0 saturated carbocycles. The molecule has 0 amide bonds. The third-order valence-electron chi connectivity index (χ3n) is 3.09. The van der Waals surface area contributed by atoms with Crippen molar-refractivity contribution in [2.75, 3.05) is 19.7 Å². The monoisotopic (exact) mass is 273 g/mol. The molecule has 1 heterocycles. The summed E-state index contributed by atoms with van der Waals surface area (Å²) in [5, 5.41) is 4.56. The molecule has 1 aromatic rings. The highest BCUT2D eigenvalue weighted by molar-refractivity contribution is 6.37. The summed E-state index contributed by atoms with van der Waals surface area (Å²) >= 11 is 12.1. The Labute approximate surface area is 112 Å². The molecule has 0 radical (unpaired) electrons. The van der Waals surface area contributed by atoms with E-state index in [1.54, 1.807) is 12.1 Å². The first kappa shape index (κ1) is 13.0. The van der Waals surface area contributed by atoms with Crippen LogP contribution >= 0.6 is 23.2 Å². The number of nitrogens with one attached hydrogen (secondary N) is 1. The molecule has 2 rings (SSSR count). The summed E-state index contributed by atoms with van der Waals surface area (Å²) in [6.07, 6.45) is 3.60. The molecule has 0 aromatic heterocycles. The van der Waals surface area contributed by atoms with Crippen molar-refractivity contribution in [3.8, 4) is 5.75 Å². The van der Waals surface area contributed by atoms with Gasteiger partial charge in [0.1, 0.15) is 0 Å². The van der Waals surface area contributed by atoms with Gasteiger partial charge in [0.05, 0.1) is 16.7 Å². The van der Waals surface area contributed by atoms with Crippen LogP contribution in [0.5, 0.6) is 5.75 Å². The van der Waals surface area contributed by atoms with Crippen LogP contribution in [0.25, 0.3) is 0 Å². The van der Waals surface area contributed by atoms with Gasteiger partial charge < -0.3 is 10.1 Å². The van der Waals surface area contributed by atoms with Crippen molar-refractivity contribution < 1.29 is 4.74 Å². The molecular weight excluding hydrogens is 257 g/mol. The number of rotatable bonds is 4. The minimum Gasteiger partial charge on any atom is -0.490 e. The number of benzene rings is 1. The van der Waals surface area contributed by atoms with Gasteiger partial charge in [-0.3, -0.25) is 0 Å². The second kappa shape index (κ2) is 6.48. The quantitative estimate of drug-likeness (QED) is 0.902. The maximum atomic E-state index is 6.03. The molecule has 17 heavy (non-hydrogen) atoms. The fraction of sp³-hybridized carbons (Fsp3) is 0.538. The highest BCUT2D eigenvalue weighted by Crippen LogP contribution is 2.32. The maximum absolute atomic E-state index is 6.03. The van der Waals surface area contributed by atoms with Crippen molar-refractivity contribution in [2.45, 2.75) is 19.3 Å². The summed E-state index contributed by atoms with van der Waals surface area (Å²) in [4.78, 5) is 0. The highest BCUT2D eigenvalue weighted by Gasteiger charge is 2.13. The predicted molar refractivity (Wildman–Crippen MR) is 72.2 cm³/mol. The summed E-state index contributed by atoms with van der Waals surface area (Å²) in [7, 11) is 0. The molecule has 1 unspecified atom stereocenters. The van der Waals surface area contributed by atoms with Crippen LogP contribution in [0.2, 0.25) is 10.0 Å². The zero-order valence-corrected chi connectivity index (χ0v) is 11.2. The molecule has 0 aliphatic carbocycles. The molecule has 1 N–H and O–H groups in total. The third-order valence-corrected chi connectivity index (χ3v) is 3.69. The zero-order chi connectivity index (χ0) is 12.1. The normalized spacial score (nSPS) is 20.2. The lowest BCUT2D eigenvalue weighted by Crippen LogP contribution is -2.30. The van der Waals surface area contributed by atoms with Crippen LogP contribution in [0, 0.1) is 5.92 Å². The molecule has 1 fully saturated rings. The van der Waals surface area contributed by atoms with Gasteiger partial charge in [0.25, 0.3) is 0 Å². The molecule has 2 nitrogen and oxygen atoms in total. The first-order chi connectivity index (χ1) is 8.27. The Kier molecular flexibility index (Phi) is 4.96. The van der Waals surface area contributed by atoms with Gasteiger partial charge in [-0.2, -0.15) is 0 Å². The molecular formula is C13H17Cl2NO. The lowest BCUT2D eigenvalue weighted by molar-refractivity contribution is 0.254. The van der Waals surface area contributed by atoms with E-state index in [0.29, 0.717) is 28.3 Å². The van der Waals surface area contributed by atoms with E-state index in [1.165, 1.54) is 12.8 Å². The predicted octanol–water partition coefficient (Wildman–Crippen LogP) is 3.76. The fourth-order valence-electron chi connectivity index (χ4n) is 2.12. The van der Waals surface area contributed by atoms with Crippen LogP contribution in [0.1, 0.15) is 19.3 Å². The van der Waals surface area contributed by atoms with E-state index in [0.717, 1.165) is 19.5 Å². The first-order valence-corrected chi connectivity index (χ1v) is 6.80. The topological polar surface area (TPSA) is 21.3 Å². The average molecular weight is 274 g/mol. The van der Waals surface area contributed by atoms with Crippen molar-refractivity contribution >= 4 is 23.2 Å². The van der Waals surface area contributed by atoms with E-state index in [4.69, 9.17) is 27.9 Å². The third kappa shape index (κ3) is 3.77. The van der Waals surface area contributed by atoms with Crippen LogP contribution in [-0.4, -0.2) is 19.7 Å². The van der Waals surface area contributed by atoms with Gasteiger partial charge in [-0.1, -0.05) is 29.3 Å². The molecule has 1 aliphatic rings. The van der Waals surface area contributed by atoms with Crippen LogP contribution in [0.3, 0.4) is 0 Å². The van der Waals surface area contributed by atoms with Crippen LogP contribution in [0.15, 0.2) is 18.2 Å². The highest BCUT2D eigenvalue weighted by atomic mass is 35.5. The van der Waals surface area contributed by atoms with E-state index < -0.39 is 0 Å². The number of hydrogen-bond donors (Lipinski definition) is 1. The van der Waals surface area contributed by atoms with E-state index >= 15 is 0 Å². The van der Waals surface area contributed by atoms with Crippen molar-refractivity contribution in [1.29, 1.82) is 0 Å². The molecule has 0 spiro atoms. The number of ether oxygens (including phenoxy) is 1. The first-order valence-electron chi connectivity index (χ1n) is 6.05. The molecule has 4 heteroatoms. The second-order valence-electron chi connectivity index (χ2n) is 4.40. The number of para-hydroxylation sites is 1. The maximum Gasteiger partial charge on any atom is 0.156 e. The Bertz CT molecular complexity index is 344. The number of piperidine rings is 1. The average Bonchev–Trinajstić information content (AvgIpc) is 2.34. The molecule has 1 saturated heterocycles. The smallest absolute Gasteiger partial charge is 0.156 e. The zero-order valence-electron chi connectivity index (χ0n) is 9.72. The van der Waals surface area contributed by atoms with Gasteiger partial charge in [0, 0.05) is 0 Å². The standard InChI is InChI=1S/C13H17Cl2NO/c14-11-4-1-5-12(15)13(11)17-8-6-10-3-2-7-16-9-10/h1,4-5,10,16H,2-3,6-9H2. The minimum absolute atomic E-state index is 0.583. The van der Waals surface area contributed by atoms with Crippen LogP contribution in [0.4, 0.5) is 0 Å². The Morgan fingerprint density at radius 2 is 2.06 bits per heavy atom. The van der Waals surface area contributed by atoms with Gasteiger partial charge in [0.15, 0.2) is 5.75 Å². The Hall–Kier alpha value is -0.440. The Morgan fingerprint density at radius 3 is 2.71 bits per heavy atom. The minimum atomic E-state index is 0.583. The van der Waals surface area contributed by atoms with Gasteiger partial charge in [-0.25, -0.2) is 0 Å². The van der Waals surface area contributed by atoms with Gasteiger partial charge in [0.2, 0.25) is 0 Å². The SMILES string of the molecule is Clc1cccc(Cl)c1OCCC1CCCNC1. The number of hydrogen-bond acceptors (Lipinski definition) is 2. The summed E-state index contributed by atoms with van der Waals surface area (Å²) in [5.41, 5.74) is 0. The van der Waals surface area contributed by atoms with Crippen molar-refractivity contribution in [3.05, 3.63) is 28.2 Å². The molecule has 0 bridgehead atoms. The van der Waals surface area contributed by atoms with E-state index in [-0.39, 0.29) is 0 Å². The van der Waals surface area contributed by atoms with Crippen molar-refractivity contribution in [3.63, 3.8) is 0 Å². The summed E-state index contributed by atoms with van der Waals surface area (Å²) in [6.45, 7) is 2.92. The second-order valence-corrected chi connectivity index (χ2v) is 5.21. The molecule has 1 aliphatic heterocycles. The summed E-state index contributed by atoms with van der Waals surface area (Å²) in [6, 6.07) is 5.42. The Balaban J connectivity index is 1.81. The summed E-state index contributed by atoms with van der Waals surface area (Å²) < 4.78 is 5.68. The largest absolute Gasteiger partial charge is 0.490 e. The lowest BCUT2D eigenvalue weighted by atomic mass is 9.97. The van der Waals surface area contributed by atoms with Gasteiger partial charge in [-0.05, 0) is 50.4 Å². The van der Waals surface area contributed by atoms with Crippen molar-refractivity contribution in [2.24, 2.45) is 5.92 Å². The van der Waals surface area contributed by atoms with Crippen molar-refractivity contribution in [1.82, 2.24) is 5.32 Å². The lowest BCUT2D eigenvalue weighted by Gasteiger charge is -2.22. The molecule has 1 aromatic carbocycles. The Morgan fingerprint density at radius 1 is 1.29 bits per heavy atom. The van der Waals surface area contributed by atoms with Crippen LogP contribution < -0.4 is 10.1 Å². The summed E-state index contributed by atoms with van der Waals surface area (Å²) in [5.74, 6) is 1.32. The number of halogens is 2. The van der Waals surface area contributed by atoms with Gasteiger partial charge >= 0.3 is 0 Å².